The van der Waals surface area contributed by atoms with Gasteiger partial charge in [0.15, 0.2) is 11.5 Å². The number of Topliss-reactive ketones (excluding diaryl/α,β-unsaturated/α-hetero) is 1. The van der Waals surface area contributed by atoms with Gasteiger partial charge in [0.2, 0.25) is 0 Å². The van der Waals surface area contributed by atoms with Crippen LogP contribution in [0.25, 0.3) is 0 Å². The van der Waals surface area contributed by atoms with Gasteiger partial charge in [0, 0.05) is 26.0 Å². The van der Waals surface area contributed by atoms with Crippen LogP contribution in [0.3, 0.4) is 0 Å². The number of aryl methyl sites for hydroxylation is 1. The van der Waals surface area contributed by atoms with Crippen molar-refractivity contribution < 1.29 is 24.2 Å². The van der Waals surface area contributed by atoms with Crippen LogP contribution < -0.4 is 4.74 Å². The Morgan fingerprint density at radius 1 is 1.29 bits per heavy atom. The van der Waals surface area contributed by atoms with Crippen molar-refractivity contribution in [3.05, 3.63) is 59.7 Å². The summed E-state index contributed by atoms with van der Waals surface area (Å²) in [5.41, 5.74) is 2.04. The Labute approximate surface area is 202 Å². The molecule has 0 amide bonds. The molecular weight excluding hydrogens is 430 g/mol. The number of carbonyl (C=O) groups excluding carboxylic acids is 2. The Kier molecular flexibility index (Phi) is 8.85. The molecule has 0 bridgehead atoms. The van der Waals surface area contributed by atoms with Crippen LogP contribution in [0.1, 0.15) is 51.5 Å². The number of esters is 1. The van der Waals surface area contributed by atoms with E-state index in [2.05, 4.69) is 42.3 Å². The van der Waals surface area contributed by atoms with E-state index in [-0.39, 0.29) is 29.3 Å². The number of methoxy groups -OCH3 is 1. The number of carbonyl (C=O) groups is 2. The first-order chi connectivity index (χ1) is 16.3. The molecule has 34 heavy (non-hydrogen) atoms. The number of phenolic OH excluding ortho intramolecular Hbond substituents is 1. The minimum atomic E-state index is -0.450. The van der Waals surface area contributed by atoms with Gasteiger partial charge < -0.3 is 14.6 Å². The fourth-order valence-electron chi connectivity index (χ4n) is 4.72. The van der Waals surface area contributed by atoms with E-state index in [4.69, 9.17) is 9.47 Å². The first-order valence-electron chi connectivity index (χ1n) is 11.9. The second-order valence-corrected chi connectivity index (χ2v) is 9.24. The van der Waals surface area contributed by atoms with E-state index in [0.29, 0.717) is 30.9 Å². The molecule has 1 aliphatic heterocycles. The van der Waals surface area contributed by atoms with Gasteiger partial charge in [-0.3, -0.25) is 14.6 Å². The maximum absolute atomic E-state index is 12.8. The van der Waals surface area contributed by atoms with Gasteiger partial charge in [0.1, 0.15) is 11.9 Å². The van der Waals surface area contributed by atoms with Crippen LogP contribution in [0.4, 0.5) is 0 Å². The SMILES string of the molecule is COc1cc(CCC(=O)C[C@@H](CC[C@@]2(CC3=CCN=C3)C=CC=C[C@H]2C)OC(C)=O)ccc1O. The summed E-state index contributed by atoms with van der Waals surface area (Å²) >= 11 is 0. The summed E-state index contributed by atoms with van der Waals surface area (Å²) in [5, 5.41) is 9.75. The van der Waals surface area contributed by atoms with Crippen LogP contribution in [-0.4, -0.2) is 42.8 Å². The maximum Gasteiger partial charge on any atom is 0.302 e. The van der Waals surface area contributed by atoms with E-state index in [1.54, 1.807) is 18.2 Å². The van der Waals surface area contributed by atoms with Gasteiger partial charge in [-0.1, -0.05) is 43.4 Å². The standard InChI is InChI=1S/C28H35NO5/c1-20-6-4-5-13-28(20,18-23-12-15-29-19-23)14-11-25(34-21(2)30)17-24(31)9-7-22-8-10-26(32)27(16-22)33-3/h4-6,8,10,12-13,16,19-20,25,32H,7,9,11,14-15,17-18H2,1-3H3/t20-,25-,28-/m1/s1. The van der Waals surface area contributed by atoms with Gasteiger partial charge in [0.05, 0.1) is 13.7 Å². The number of aromatic hydroxyl groups is 1. The lowest BCUT2D eigenvalue weighted by atomic mass is 9.66. The van der Waals surface area contributed by atoms with Gasteiger partial charge in [-0.15, -0.1) is 0 Å². The number of ketones is 1. The molecule has 3 atom stereocenters. The topological polar surface area (TPSA) is 85.2 Å². The van der Waals surface area contributed by atoms with E-state index in [9.17, 15) is 14.7 Å². The third-order valence-electron chi connectivity index (χ3n) is 6.75. The number of phenols is 1. The van der Waals surface area contributed by atoms with Crippen molar-refractivity contribution in [2.75, 3.05) is 13.7 Å². The second-order valence-electron chi connectivity index (χ2n) is 9.24. The average molecular weight is 466 g/mol. The number of benzene rings is 1. The molecule has 0 fully saturated rings. The molecule has 1 aromatic rings. The van der Waals surface area contributed by atoms with Gasteiger partial charge in [0.25, 0.3) is 0 Å². The van der Waals surface area contributed by atoms with Crippen LogP contribution in [0.2, 0.25) is 0 Å². The molecule has 0 aromatic heterocycles. The highest BCUT2D eigenvalue weighted by atomic mass is 16.5. The summed E-state index contributed by atoms with van der Waals surface area (Å²) in [6.07, 6.45) is 15.7. The van der Waals surface area contributed by atoms with Crippen molar-refractivity contribution in [2.24, 2.45) is 16.3 Å². The van der Waals surface area contributed by atoms with Crippen molar-refractivity contribution in [1.29, 1.82) is 0 Å². The zero-order valence-corrected chi connectivity index (χ0v) is 20.3. The first kappa shape index (κ1) is 25.5. The Bertz CT molecular complexity index is 1010. The minimum Gasteiger partial charge on any atom is -0.504 e. The lowest BCUT2D eigenvalue weighted by molar-refractivity contribution is -0.148. The van der Waals surface area contributed by atoms with E-state index >= 15 is 0 Å². The van der Waals surface area contributed by atoms with Crippen molar-refractivity contribution in [1.82, 2.24) is 0 Å². The smallest absolute Gasteiger partial charge is 0.302 e. The molecule has 182 valence electrons. The maximum atomic E-state index is 12.8. The Morgan fingerprint density at radius 2 is 2.12 bits per heavy atom. The molecule has 1 aromatic carbocycles. The molecule has 0 radical (unpaired) electrons. The largest absolute Gasteiger partial charge is 0.504 e. The lowest BCUT2D eigenvalue weighted by Crippen LogP contribution is -2.31. The monoisotopic (exact) mass is 465 g/mol. The summed E-state index contributed by atoms with van der Waals surface area (Å²) in [7, 11) is 1.49. The molecule has 0 saturated heterocycles. The van der Waals surface area contributed by atoms with Crippen LogP contribution in [-0.2, 0) is 20.7 Å². The minimum absolute atomic E-state index is 0.0464. The molecule has 2 aliphatic rings. The van der Waals surface area contributed by atoms with Crippen LogP contribution in [0, 0.1) is 11.3 Å². The van der Waals surface area contributed by atoms with Gasteiger partial charge in [-0.05, 0) is 60.3 Å². The van der Waals surface area contributed by atoms with E-state index < -0.39 is 6.10 Å². The van der Waals surface area contributed by atoms with Crippen molar-refractivity contribution in [3.8, 4) is 11.5 Å². The number of nitrogens with zero attached hydrogens (tertiary/aromatic N) is 1. The molecule has 1 N–H and O–H groups in total. The highest BCUT2D eigenvalue weighted by Crippen LogP contribution is 2.44. The molecule has 1 aliphatic carbocycles. The number of hydrogen-bond acceptors (Lipinski definition) is 6. The molecule has 1 heterocycles. The lowest BCUT2D eigenvalue weighted by Gasteiger charge is -2.38. The normalized spacial score (nSPS) is 21.9. The first-order valence-corrected chi connectivity index (χ1v) is 11.9. The van der Waals surface area contributed by atoms with Crippen molar-refractivity contribution in [2.45, 2.75) is 58.5 Å². The molecule has 6 nitrogen and oxygen atoms in total. The highest BCUT2D eigenvalue weighted by molar-refractivity contribution is 5.81. The molecule has 0 unspecified atom stereocenters. The zero-order valence-electron chi connectivity index (χ0n) is 20.3. The van der Waals surface area contributed by atoms with Gasteiger partial charge in [-0.25, -0.2) is 0 Å². The summed E-state index contributed by atoms with van der Waals surface area (Å²) < 4.78 is 10.7. The second kappa shape index (κ2) is 11.8. The summed E-state index contributed by atoms with van der Waals surface area (Å²) in [6, 6.07) is 5.09. The van der Waals surface area contributed by atoms with E-state index in [1.165, 1.54) is 19.6 Å². The fraction of sp³-hybridized carbons (Fsp3) is 0.464. The summed E-state index contributed by atoms with van der Waals surface area (Å²) in [4.78, 5) is 28.9. The highest BCUT2D eigenvalue weighted by Gasteiger charge is 2.35. The third-order valence-corrected chi connectivity index (χ3v) is 6.75. The fourth-order valence-corrected chi connectivity index (χ4v) is 4.72. The number of hydrogen-bond donors (Lipinski definition) is 1. The number of rotatable bonds is 12. The Balaban J connectivity index is 1.62. The molecule has 0 saturated carbocycles. The third kappa shape index (κ3) is 6.92. The molecule has 6 heteroatoms. The summed E-state index contributed by atoms with van der Waals surface area (Å²) in [5.74, 6) is 0.463. The van der Waals surface area contributed by atoms with Crippen LogP contribution in [0.5, 0.6) is 11.5 Å². The number of aliphatic imine (C=N–C) groups is 1. The summed E-state index contributed by atoms with van der Waals surface area (Å²) in [6.45, 7) is 4.34. The van der Waals surface area contributed by atoms with Crippen LogP contribution in [0.15, 0.2) is 59.1 Å². The molecular formula is C28H35NO5. The Hall–Kier alpha value is -3.15. The average Bonchev–Trinajstić information content (AvgIpc) is 3.31. The Morgan fingerprint density at radius 3 is 2.79 bits per heavy atom. The van der Waals surface area contributed by atoms with Crippen LogP contribution >= 0.6 is 0 Å². The van der Waals surface area contributed by atoms with E-state index in [0.717, 1.165) is 24.9 Å². The molecule has 0 spiro atoms. The predicted molar refractivity (Wildman–Crippen MR) is 133 cm³/mol. The van der Waals surface area contributed by atoms with Gasteiger partial charge in [-0.2, -0.15) is 0 Å². The number of ether oxygens (including phenoxy) is 2. The zero-order chi connectivity index (χ0) is 24.6. The quantitative estimate of drug-likeness (QED) is 0.431. The van der Waals surface area contributed by atoms with E-state index in [1.807, 2.05) is 6.21 Å². The molecule has 3 rings (SSSR count). The van der Waals surface area contributed by atoms with Crippen molar-refractivity contribution >= 4 is 18.0 Å². The number of allylic oxidation sites excluding steroid dienone is 5. The van der Waals surface area contributed by atoms with Gasteiger partial charge >= 0.3 is 5.97 Å². The van der Waals surface area contributed by atoms with Crippen molar-refractivity contribution in [3.63, 3.8) is 0 Å². The predicted octanol–water partition coefficient (Wildman–Crippen LogP) is 5.15.